The van der Waals surface area contributed by atoms with Crippen LogP contribution in [-0.2, 0) is 19.0 Å². The summed E-state index contributed by atoms with van der Waals surface area (Å²) in [4.78, 5) is 11.6. The molecule has 112 valence electrons. The third-order valence-corrected chi connectivity index (χ3v) is 2.78. The molecule has 19 heavy (non-hydrogen) atoms. The summed E-state index contributed by atoms with van der Waals surface area (Å²) < 4.78 is 16.3. The van der Waals surface area contributed by atoms with Crippen LogP contribution in [0.25, 0.3) is 0 Å². The molecule has 1 aliphatic rings. The van der Waals surface area contributed by atoms with Crippen LogP contribution in [0.2, 0.25) is 0 Å². The first kappa shape index (κ1) is 16.5. The van der Waals surface area contributed by atoms with Crippen LogP contribution in [0, 0.1) is 0 Å². The van der Waals surface area contributed by atoms with Crippen molar-refractivity contribution in [1.82, 2.24) is 0 Å². The fourth-order valence-electron chi connectivity index (χ4n) is 2.01. The van der Waals surface area contributed by atoms with E-state index in [1.54, 1.807) is 27.7 Å². The minimum atomic E-state index is -1.25. The molecule has 6 nitrogen and oxygen atoms in total. The number of ether oxygens (including phenoxy) is 3. The Morgan fingerprint density at radius 2 is 1.58 bits per heavy atom. The van der Waals surface area contributed by atoms with E-state index in [-0.39, 0.29) is 18.0 Å². The summed E-state index contributed by atoms with van der Waals surface area (Å²) in [5.74, 6) is -0.269. The van der Waals surface area contributed by atoms with E-state index in [2.05, 4.69) is 0 Å². The minimum absolute atomic E-state index is 0.193. The lowest BCUT2D eigenvalue weighted by Crippen LogP contribution is -2.61. The van der Waals surface area contributed by atoms with Crippen LogP contribution in [0.4, 0.5) is 0 Å². The summed E-state index contributed by atoms with van der Waals surface area (Å²) in [7, 11) is 0. The zero-order chi connectivity index (χ0) is 14.7. The van der Waals surface area contributed by atoms with Crippen molar-refractivity contribution in [3.05, 3.63) is 0 Å². The standard InChI is InChI=1S/C13H24O6/c1-6(2)17-12-9(15)10(16)13(18-7(3)4)19-11(12)8(5)14/h6-7,9-13,15-16H,1-5H3/t9-,10?,11?,12-,13+/m1/s1. The lowest BCUT2D eigenvalue weighted by molar-refractivity contribution is -0.306. The molecule has 0 aromatic carbocycles. The summed E-state index contributed by atoms with van der Waals surface area (Å²) in [5, 5.41) is 20.1. The third-order valence-electron chi connectivity index (χ3n) is 2.78. The van der Waals surface area contributed by atoms with Gasteiger partial charge in [0.15, 0.2) is 12.1 Å². The minimum Gasteiger partial charge on any atom is -0.387 e. The molecular weight excluding hydrogens is 252 g/mol. The average Bonchev–Trinajstić information content (AvgIpc) is 2.27. The first-order valence-corrected chi connectivity index (χ1v) is 6.57. The van der Waals surface area contributed by atoms with Crippen LogP contribution >= 0.6 is 0 Å². The molecule has 0 saturated carbocycles. The van der Waals surface area contributed by atoms with Gasteiger partial charge in [-0.05, 0) is 34.6 Å². The number of rotatable bonds is 5. The van der Waals surface area contributed by atoms with Crippen LogP contribution in [0.3, 0.4) is 0 Å². The summed E-state index contributed by atoms with van der Waals surface area (Å²) in [5.41, 5.74) is 0. The number of aliphatic hydroxyl groups excluding tert-OH is 2. The zero-order valence-corrected chi connectivity index (χ0v) is 12.1. The number of carbonyl (C=O) groups is 1. The van der Waals surface area contributed by atoms with Gasteiger partial charge < -0.3 is 24.4 Å². The summed E-state index contributed by atoms with van der Waals surface area (Å²) in [6.07, 6.45) is -5.72. The van der Waals surface area contributed by atoms with Gasteiger partial charge in [-0.3, -0.25) is 4.79 Å². The van der Waals surface area contributed by atoms with E-state index in [0.717, 1.165) is 0 Å². The molecule has 1 heterocycles. The topological polar surface area (TPSA) is 85.2 Å². The lowest BCUT2D eigenvalue weighted by Gasteiger charge is -2.42. The highest BCUT2D eigenvalue weighted by Crippen LogP contribution is 2.26. The first-order chi connectivity index (χ1) is 8.73. The molecule has 1 rings (SSSR count). The fourth-order valence-corrected chi connectivity index (χ4v) is 2.01. The first-order valence-electron chi connectivity index (χ1n) is 6.57. The largest absolute Gasteiger partial charge is 0.387 e. The number of Topliss-reactive ketones (excluding diaryl/α,β-unsaturated/α-hetero) is 1. The van der Waals surface area contributed by atoms with Gasteiger partial charge in [0.2, 0.25) is 0 Å². The zero-order valence-electron chi connectivity index (χ0n) is 12.1. The third kappa shape index (κ3) is 4.22. The van der Waals surface area contributed by atoms with Gasteiger partial charge in [-0.15, -0.1) is 0 Å². The van der Waals surface area contributed by atoms with Crippen LogP contribution < -0.4 is 0 Å². The van der Waals surface area contributed by atoms with E-state index in [1.165, 1.54) is 6.92 Å². The predicted molar refractivity (Wildman–Crippen MR) is 67.6 cm³/mol. The van der Waals surface area contributed by atoms with Gasteiger partial charge in [-0.1, -0.05) is 0 Å². The van der Waals surface area contributed by atoms with Crippen LogP contribution in [0.15, 0.2) is 0 Å². The highest BCUT2D eigenvalue weighted by atomic mass is 16.7. The Kier molecular flexibility index (Phi) is 5.88. The van der Waals surface area contributed by atoms with E-state index < -0.39 is 30.7 Å². The molecule has 2 N–H and O–H groups in total. The molecule has 0 aliphatic carbocycles. The van der Waals surface area contributed by atoms with Crippen molar-refractivity contribution in [2.24, 2.45) is 0 Å². The smallest absolute Gasteiger partial charge is 0.187 e. The molecule has 1 fully saturated rings. The summed E-state index contributed by atoms with van der Waals surface area (Å²) >= 11 is 0. The molecule has 0 radical (unpaired) electrons. The second-order valence-electron chi connectivity index (χ2n) is 5.35. The summed E-state index contributed by atoms with van der Waals surface area (Å²) in [6.45, 7) is 8.49. The highest BCUT2D eigenvalue weighted by Gasteiger charge is 2.48. The van der Waals surface area contributed by atoms with Gasteiger partial charge >= 0.3 is 0 Å². The fraction of sp³-hybridized carbons (Fsp3) is 0.923. The SMILES string of the molecule is CC(=O)C1O[C@H](OC(C)C)C(O)[C@@H](O)[C@H]1OC(C)C. The van der Waals surface area contributed by atoms with E-state index in [4.69, 9.17) is 14.2 Å². The van der Waals surface area contributed by atoms with Crippen molar-refractivity contribution in [2.75, 3.05) is 0 Å². The van der Waals surface area contributed by atoms with E-state index in [0.29, 0.717) is 0 Å². The van der Waals surface area contributed by atoms with Crippen molar-refractivity contribution in [3.8, 4) is 0 Å². The molecule has 1 aliphatic heterocycles. The van der Waals surface area contributed by atoms with E-state index in [9.17, 15) is 15.0 Å². The Morgan fingerprint density at radius 1 is 1.05 bits per heavy atom. The normalized spacial score (nSPS) is 35.9. The number of ketones is 1. The quantitative estimate of drug-likeness (QED) is 0.748. The summed E-state index contributed by atoms with van der Waals surface area (Å²) in [6, 6.07) is 0. The maximum atomic E-state index is 11.6. The molecular formula is C13H24O6. The maximum Gasteiger partial charge on any atom is 0.187 e. The molecule has 0 amide bonds. The molecule has 0 spiro atoms. The van der Waals surface area contributed by atoms with Crippen LogP contribution in [-0.4, -0.2) is 58.9 Å². The number of hydrogen-bond acceptors (Lipinski definition) is 6. The maximum absolute atomic E-state index is 11.6. The van der Waals surface area contributed by atoms with Crippen molar-refractivity contribution >= 4 is 5.78 Å². The van der Waals surface area contributed by atoms with Gasteiger partial charge in [-0.2, -0.15) is 0 Å². The van der Waals surface area contributed by atoms with Crippen LogP contribution in [0.1, 0.15) is 34.6 Å². The van der Waals surface area contributed by atoms with Crippen molar-refractivity contribution in [1.29, 1.82) is 0 Å². The molecule has 5 atom stereocenters. The molecule has 1 saturated heterocycles. The van der Waals surface area contributed by atoms with E-state index >= 15 is 0 Å². The van der Waals surface area contributed by atoms with Gasteiger partial charge in [0, 0.05) is 0 Å². The molecule has 0 aromatic heterocycles. The highest BCUT2D eigenvalue weighted by molar-refractivity contribution is 5.81. The Labute approximate surface area is 113 Å². The van der Waals surface area contributed by atoms with Gasteiger partial charge in [0.05, 0.1) is 12.2 Å². The molecule has 0 aromatic rings. The molecule has 6 heteroatoms. The second-order valence-corrected chi connectivity index (χ2v) is 5.35. The Balaban J connectivity index is 2.87. The van der Waals surface area contributed by atoms with Gasteiger partial charge in [0.25, 0.3) is 0 Å². The van der Waals surface area contributed by atoms with Crippen molar-refractivity contribution < 1.29 is 29.2 Å². The molecule has 2 unspecified atom stereocenters. The average molecular weight is 276 g/mol. The van der Waals surface area contributed by atoms with Gasteiger partial charge in [0.1, 0.15) is 24.4 Å². The number of aliphatic hydroxyl groups is 2. The second kappa shape index (κ2) is 6.76. The Bertz CT molecular complexity index is 304. The van der Waals surface area contributed by atoms with Crippen LogP contribution in [0.5, 0.6) is 0 Å². The van der Waals surface area contributed by atoms with Gasteiger partial charge in [-0.25, -0.2) is 0 Å². The Morgan fingerprint density at radius 3 is 2.00 bits per heavy atom. The molecule has 0 bridgehead atoms. The monoisotopic (exact) mass is 276 g/mol. The number of carbonyl (C=O) groups excluding carboxylic acids is 1. The van der Waals surface area contributed by atoms with Crippen molar-refractivity contribution in [3.63, 3.8) is 0 Å². The number of hydrogen-bond donors (Lipinski definition) is 2. The van der Waals surface area contributed by atoms with E-state index in [1.807, 2.05) is 0 Å². The van der Waals surface area contributed by atoms with Crippen molar-refractivity contribution in [2.45, 2.75) is 77.5 Å². The lowest BCUT2D eigenvalue weighted by atomic mass is 9.96. The predicted octanol–water partition coefficient (Wildman–Crippen LogP) is 0.241. The Hall–Kier alpha value is -0.530.